The molecule has 0 radical (unpaired) electrons. The van der Waals surface area contributed by atoms with E-state index in [-0.39, 0.29) is 46.3 Å². The Morgan fingerprint density at radius 2 is 1.60 bits per heavy atom. The van der Waals surface area contributed by atoms with Gasteiger partial charge in [0.05, 0.1) is 13.0 Å². The van der Waals surface area contributed by atoms with E-state index in [0.29, 0.717) is 40.6 Å². The van der Waals surface area contributed by atoms with Crippen LogP contribution in [0.1, 0.15) is 116 Å². The summed E-state index contributed by atoms with van der Waals surface area (Å²) in [5, 5.41) is 0. The number of hydrogen-bond donors (Lipinski definition) is 0. The Morgan fingerprint density at radius 1 is 0.905 bits per heavy atom. The molecular weight excluding hydrogens is 520 g/mol. The van der Waals surface area contributed by atoms with Crippen LogP contribution in [0, 0.1) is 58.2 Å². The molecule has 4 fully saturated rings. The Labute approximate surface area is 254 Å². The van der Waals surface area contributed by atoms with Crippen molar-refractivity contribution >= 4 is 17.5 Å². The average molecular weight is 575 g/mol. The van der Waals surface area contributed by atoms with Gasteiger partial charge in [0.15, 0.2) is 11.6 Å². The molecule has 230 valence electrons. The number of ketones is 2. The maximum atomic E-state index is 14.8. The smallest absolute Gasteiger partial charge is 0.308 e. The molecule has 0 heterocycles. The van der Waals surface area contributed by atoms with Gasteiger partial charge in [-0.15, -0.1) is 0 Å². The Kier molecular flexibility index (Phi) is 8.95. The lowest BCUT2D eigenvalue weighted by atomic mass is 9.43. The quantitative estimate of drug-likeness (QED) is 0.177. The third kappa shape index (κ3) is 5.13. The van der Waals surface area contributed by atoms with E-state index in [2.05, 4.69) is 34.6 Å². The third-order valence-corrected chi connectivity index (χ3v) is 13.1. The van der Waals surface area contributed by atoms with Crippen LogP contribution in [0.4, 0.5) is 0 Å². The van der Waals surface area contributed by atoms with Gasteiger partial charge in [-0.05, 0) is 105 Å². The monoisotopic (exact) mass is 574 g/mol. The first kappa shape index (κ1) is 31.2. The van der Waals surface area contributed by atoms with Crippen molar-refractivity contribution in [2.75, 3.05) is 7.11 Å². The molecule has 4 aliphatic rings. The number of Topliss-reactive ketones (excluding diaryl/α,β-unsaturated/α-hetero) is 2. The van der Waals surface area contributed by atoms with E-state index in [1.54, 1.807) is 0 Å². The number of hydrogen-bond acceptors (Lipinski definition) is 4. The fraction of sp³-hybridized carbons (Fsp3) is 0.711. The van der Waals surface area contributed by atoms with Gasteiger partial charge in [-0.3, -0.25) is 14.4 Å². The van der Waals surface area contributed by atoms with E-state index >= 15 is 0 Å². The minimum absolute atomic E-state index is 0.0205. The summed E-state index contributed by atoms with van der Waals surface area (Å²) in [6, 6.07) is 9.53. The van der Waals surface area contributed by atoms with Crippen molar-refractivity contribution in [1.82, 2.24) is 0 Å². The predicted octanol–water partition coefficient (Wildman–Crippen LogP) is 8.89. The van der Waals surface area contributed by atoms with Crippen LogP contribution in [0.5, 0.6) is 0 Å². The number of benzene rings is 1. The first-order valence-corrected chi connectivity index (χ1v) is 16.9. The normalized spacial score (nSPS) is 36.9. The van der Waals surface area contributed by atoms with Crippen LogP contribution in [0.25, 0.3) is 0 Å². The van der Waals surface area contributed by atoms with E-state index in [4.69, 9.17) is 4.74 Å². The molecule has 0 amide bonds. The number of allylic oxidation sites excluding steroid dienone is 2. The van der Waals surface area contributed by atoms with Crippen LogP contribution in [-0.2, 0) is 14.3 Å². The molecule has 1 aromatic carbocycles. The molecule has 4 aliphatic carbocycles. The zero-order chi connectivity index (χ0) is 30.4. The Hall–Kier alpha value is -2.23. The highest BCUT2D eigenvalue weighted by molar-refractivity contribution is 6.14. The number of carbonyl (C=O) groups is 3. The van der Waals surface area contributed by atoms with Crippen LogP contribution in [-0.4, -0.2) is 24.6 Å². The van der Waals surface area contributed by atoms with Gasteiger partial charge in [-0.2, -0.15) is 0 Å². The second-order valence-electron chi connectivity index (χ2n) is 15.3. The third-order valence-electron chi connectivity index (χ3n) is 13.1. The molecule has 4 saturated carbocycles. The fourth-order valence-corrected chi connectivity index (χ4v) is 10.7. The first-order chi connectivity index (χ1) is 20.0. The Bertz CT molecular complexity index is 1210. The van der Waals surface area contributed by atoms with Crippen LogP contribution < -0.4 is 0 Å². The summed E-state index contributed by atoms with van der Waals surface area (Å²) in [5.74, 6) is 2.49. The molecule has 4 heteroatoms. The summed E-state index contributed by atoms with van der Waals surface area (Å²) in [4.78, 5) is 41.0. The van der Waals surface area contributed by atoms with Crippen molar-refractivity contribution in [1.29, 1.82) is 0 Å². The van der Waals surface area contributed by atoms with Crippen LogP contribution in [0.2, 0.25) is 0 Å². The van der Waals surface area contributed by atoms with Gasteiger partial charge in [0.2, 0.25) is 0 Å². The van der Waals surface area contributed by atoms with Crippen LogP contribution >= 0.6 is 0 Å². The molecule has 42 heavy (non-hydrogen) atoms. The molecule has 0 aromatic heterocycles. The topological polar surface area (TPSA) is 60.4 Å². The Morgan fingerprint density at radius 3 is 2.26 bits per heavy atom. The van der Waals surface area contributed by atoms with Crippen LogP contribution in [0.15, 0.2) is 41.5 Å². The number of ether oxygens (including phenoxy) is 1. The number of rotatable bonds is 8. The van der Waals surface area contributed by atoms with Gasteiger partial charge < -0.3 is 4.74 Å². The van der Waals surface area contributed by atoms with Crippen molar-refractivity contribution in [3.63, 3.8) is 0 Å². The zero-order valence-corrected chi connectivity index (χ0v) is 27.2. The molecular formula is C38H54O4. The van der Waals surface area contributed by atoms with Crippen LogP contribution in [0.3, 0.4) is 0 Å². The summed E-state index contributed by atoms with van der Waals surface area (Å²) in [5.41, 5.74) is 2.46. The molecule has 4 nitrogen and oxygen atoms in total. The number of methoxy groups -OCH3 is 1. The average Bonchev–Trinajstić information content (AvgIpc) is 3.34. The van der Waals surface area contributed by atoms with Crippen molar-refractivity contribution in [3.8, 4) is 0 Å². The summed E-state index contributed by atoms with van der Waals surface area (Å²) >= 11 is 0. The minimum Gasteiger partial charge on any atom is -0.469 e. The molecule has 0 aliphatic heterocycles. The molecule has 0 spiro atoms. The van der Waals surface area contributed by atoms with E-state index in [0.717, 1.165) is 56.9 Å². The first-order valence-electron chi connectivity index (χ1n) is 16.9. The predicted molar refractivity (Wildman–Crippen MR) is 168 cm³/mol. The molecule has 0 saturated heterocycles. The van der Waals surface area contributed by atoms with E-state index in [1.165, 1.54) is 20.0 Å². The highest BCUT2D eigenvalue weighted by Gasteiger charge is 2.64. The highest BCUT2D eigenvalue weighted by atomic mass is 16.5. The summed E-state index contributed by atoms with van der Waals surface area (Å²) in [6.45, 7) is 13.5. The van der Waals surface area contributed by atoms with Crippen molar-refractivity contribution in [2.45, 2.75) is 106 Å². The second kappa shape index (κ2) is 12.0. The van der Waals surface area contributed by atoms with Crippen molar-refractivity contribution in [3.05, 3.63) is 47.0 Å². The van der Waals surface area contributed by atoms with E-state index in [9.17, 15) is 14.4 Å². The summed E-state index contributed by atoms with van der Waals surface area (Å²) in [6.07, 6.45) is 11.0. The minimum atomic E-state index is -0.0870. The van der Waals surface area contributed by atoms with Gasteiger partial charge in [-0.1, -0.05) is 77.8 Å². The maximum absolute atomic E-state index is 14.8. The zero-order valence-electron chi connectivity index (χ0n) is 27.2. The standard InChI is InChI=1S/C38H54O4/c1-23(2)27(36(41)42-7)17-16-24(3)28-18-19-30-33-31(20-22-38(28,30)6)37(5)21-12-11-15-29(37)32(35(33)40)25(4)34(39)26-13-9-8-10-14-26/h8-10,13-14,23-24,27-31,33H,11-12,15-22H2,1-7H3/t24?,27?,28-,29+,30+,31+,33+,37+,38-/m1/s1. The SMILES string of the molecule is COC(=O)C(CCC(C)[C@H]1CC[C@H]2[C@@H]3C(=O)C(=C(C)C(=O)c4ccccc4)[C@@H]4CCCC[C@]4(C)[C@H]3CC[C@]12C)C(C)C. The lowest BCUT2D eigenvalue weighted by molar-refractivity contribution is -0.148. The molecule has 0 N–H and O–H groups in total. The molecule has 2 unspecified atom stereocenters. The maximum Gasteiger partial charge on any atom is 0.308 e. The van der Waals surface area contributed by atoms with Gasteiger partial charge in [0.25, 0.3) is 0 Å². The molecule has 0 bridgehead atoms. The molecule has 5 rings (SSSR count). The van der Waals surface area contributed by atoms with E-state index in [1.807, 2.05) is 37.3 Å². The van der Waals surface area contributed by atoms with Gasteiger partial charge in [-0.25, -0.2) is 0 Å². The van der Waals surface area contributed by atoms with Gasteiger partial charge >= 0.3 is 5.97 Å². The Balaban J connectivity index is 1.45. The number of carbonyl (C=O) groups excluding carboxylic acids is 3. The van der Waals surface area contributed by atoms with Crippen molar-refractivity contribution in [2.24, 2.45) is 58.2 Å². The second-order valence-corrected chi connectivity index (χ2v) is 15.3. The largest absolute Gasteiger partial charge is 0.469 e. The number of esters is 1. The summed E-state index contributed by atoms with van der Waals surface area (Å²) in [7, 11) is 1.50. The van der Waals surface area contributed by atoms with E-state index < -0.39 is 0 Å². The highest BCUT2D eigenvalue weighted by Crippen LogP contribution is 2.68. The molecule has 9 atom stereocenters. The van der Waals surface area contributed by atoms with Gasteiger partial charge in [0, 0.05) is 22.6 Å². The molecule has 1 aromatic rings. The lowest BCUT2D eigenvalue weighted by Crippen LogP contribution is -2.57. The summed E-state index contributed by atoms with van der Waals surface area (Å²) < 4.78 is 5.13. The van der Waals surface area contributed by atoms with Crippen molar-refractivity contribution < 1.29 is 19.1 Å². The lowest BCUT2D eigenvalue weighted by Gasteiger charge is -2.60. The fourth-order valence-electron chi connectivity index (χ4n) is 10.7. The van der Waals surface area contributed by atoms with Gasteiger partial charge in [0.1, 0.15) is 0 Å². The number of fused-ring (bicyclic) bond motifs is 5.